The highest BCUT2D eigenvalue weighted by molar-refractivity contribution is 5.52. The molecule has 60 heavy (non-hydrogen) atoms. The van der Waals surface area contributed by atoms with Gasteiger partial charge in [0.1, 0.15) is 11.5 Å². The van der Waals surface area contributed by atoms with Crippen LogP contribution in [-0.2, 0) is 34.7 Å². The molecule has 8 aliphatic rings. The van der Waals surface area contributed by atoms with Crippen molar-refractivity contribution in [2.24, 2.45) is 35.5 Å². The van der Waals surface area contributed by atoms with Gasteiger partial charge in [-0.05, 0) is 156 Å². The van der Waals surface area contributed by atoms with Crippen LogP contribution >= 0.6 is 0 Å². The van der Waals surface area contributed by atoms with Crippen molar-refractivity contribution in [3.63, 3.8) is 0 Å². The average Bonchev–Trinajstić information content (AvgIpc) is 3.19. The average molecular weight is 805 g/mol. The minimum Gasteiger partial charge on any atom is -0.507 e. The molecule has 8 fully saturated rings. The molecule has 0 radical (unpaired) electrons. The van der Waals surface area contributed by atoms with Crippen molar-refractivity contribution >= 4 is 0 Å². The van der Waals surface area contributed by atoms with Gasteiger partial charge in [-0.15, -0.1) is 0 Å². The van der Waals surface area contributed by atoms with Gasteiger partial charge in [-0.2, -0.15) is 0 Å². The van der Waals surface area contributed by atoms with E-state index in [0.717, 1.165) is 46.6 Å². The molecule has 8 saturated carbocycles. The quantitative estimate of drug-likeness (QED) is 0.122. The highest BCUT2D eigenvalue weighted by Gasteiger charge is 2.54. The molecule has 4 nitrogen and oxygen atoms in total. The fourth-order valence-electron chi connectivity index (χ4n) is 14.8. The summed E-state index contributed by atoms with van der Waals surface area (Å²) in [5.41, 5.74) is 9.64. The molecule has 12 rings (SSSR count). The van der Waals surface area contributed by atoms with Gasteiger partial charge < -0.3 is 20.8 Å². The fraction of sp³-hybridized carbons (Fsp3) is 0.571. The van der Waals surface area contributed by atoms with Crippen molar-refractivity contribution in [1.82, 2.24) is 10.6 Å². The highest BCUT2D eigenvalue weighted by Crippen LogP contribution is 2.64. The number of phenolic OH excluding ortho intramolecular Hbond substituents is 2. The van der Waals surface area contributed by atoms with Crippen molar-refractivity contribution in [3.05, 3.63) is 129 Å². The van der Waals surface area contributed by atoms with Crippen molar-refractivity contribution in [2.75, 3.05) is 0 Å². The van der Waals surface area contributed by atoms with Gasteiger partial charge in [0.25, 0.3) is 0 Å². The minimum absolute atomic E-state index is 0.0366. The Bertz CT molecular complexity index is 1960. The van der Waals surface area contributed by atoms with E-state index in [-0.39, 0.29) is 33.7 Å². The second-order valence-electron chi connectivity index (χ2n) is 23.5. The molecular formula is C56H72N2O2. The Labute approximate surface area is 361 Å². The summed E-state index contributed by atoms with van der Waals surface area (Å²) in [6, 6.07) is 30.9. The molecule has 0 aliphatic heterocycles. The van der Waals surface area contributed by atoms with Crippen LogP contribution in [0.5, 0.6) is 11.5 Å². The summed E-state index contributed by atoms with van der Waals surface area (Å²) in [5, 5.41) is 33.1. The number of aromatic hydroxyl groups is 2. The van der Waals surface area contributed by atoms with Crippen LogP contribution in [0.25, 0.3) is 0 Å². The number of hydrogen-bond donors (Lipinski definition) is 4. The summed E-state index contributed by atoms with van der Waals surface area (Å²) in [7, 11) is 0. The molecule has 0 saturated heterocycles. The molecule has 0 spiro atoms. The molecule has 0 unspecified atom stereocenters. The van der Waals surface area contributed by atoms with Crippen LogP contribution in [-0.4, -0.2) is 10.2 Å². The molecule has 318 valence electrons. The molecule has 4 aromatic rings. The SMILES string of the molecule is CC(C)(C)c1cc(CN[C@H](c2ccccc2)[C@H](NCc2cc(C(C)(C)C)cc(C34CC5CC(CC(C5)C3)C4)c2O)c2ccccc2)c(O)c(C23CC4CC(CC(C4)C2)C3)c1. The Morgan fingerprint density at radius 3 is 1.07 bits per heavy atom. The molecule has 8 bridgehead atoms. The van der Waals surface area contributed by atoms with E-state index in [1.807, 2.05) is 0 Å². The summed E-state index contributed by atoms with van der Waals surface area (Å²) in [6.45, 7) is 15.0. The van der Waals surface area contributed by atoms with Crippen LogP contribution in [0.2, 0.25) is 0 Å². The zero-order valence-corrected chi connectivity index (χ0v) is 37.5. The van der Waals surface area contributed by atoms with Crippen molar-refractivity contribution in [2.45, 2.75) is 165 Å². The van der Waals surface area contributed by atoms with Gasteiger partial charge in [0, 0.05) is 35.3 Å². The van der Waals surface area contributed by atoms with Crippen LogP contribution in [0.4, 0.5) is 0 Å². The lowest BCUT2D eigenvalue weighted by atomic mass is 9.47. The van der Waals surface area contributed by atoms with Gasteiger partial charge in [0.05, 0.1) is 12.1 Å². The highest BCUT2D eigenvalue weighted by atomic mass is 16.3. The van der Waals surface area contributed by atoms with E-state index in [1.165, 1.54) is 110 Å². The fourth-order valence-corrected chi connectivity index (χ4v) is 14.8. The summed E-state index contributed by atoms with van der Waals surface area (Å²) < 4.78 is 0. The Morgan fingerprint density at radius 2 is 0.783 bits per heavy atom. The zero-order chi connectivity index (χ0) is 41.6. The van der Waals surface area contributed by atoms with Crippen molar-refractivity contribution in [1.29, 1.82) is 0 Å². The molecule has 4 aromatic carbocycles. The van der Waals surface area contributed by atoms with Gasteiger partial charge in [-0.1, -0.05) is 126 Å². The Morgan fingerprint density at radius 1 is 0.483 bits per heavy atom. The predicted molar refractivity (Wildman–Crippen MR) is 245 cm³/mol. The molecule has 8 aliphatic carbocycles. The second kappa shape index (κ2) is 15.0. The maximum Gasteiger partial charge on any atom is 0.123 e. The molecule has 0 aromatic heterocycles. The van der Waals surface area contributed by atoms with E-state index in [4.69, 9.17) is 0 Å². The van der Waals surface area contributed by atoms with E-state index in [1.54, 1.807) is 0 Å². The standard InChI is InChI=1S/C56H72N2O2/c1-53(2,3)45-23-43(51(59)47(25-45)55-27-35-17-36(28-55)19-37(18-35)29-55)33-57-49(41-13-9-7-10-14-41)50(42-15-11-8-12-16-42)58-34-44-24-46(54(4,5)6)26-48(52(44)60)56-30-38-20-39(31-56)22-40(21-38)32-56/h7-16,23-26,35-40,49-50,57-60H,17-22,27-34H2,1-6H3/t35?,36?,37?,38?,39?,40?,49-,50-,55?,56?/m1/s1. The lowest BCUT2D eigenvalue weighted by molar-refractivity contribution is -0.00641. The van der Waals surface area contributed by atoms with Crippen LogP contribution in [0.1, 0.15) is 175 Å². The van der Waals surface area contributed by atoms with Gasteiger partial charge >= 0.3 is 0 Å². The van der Waals surface area contributed by atoms with Crippen LogP contribution in [0.3, 0.4) is 0 Å². The number of benzene rings is 4. The first-order valence-electron chi connectivity index (χ1n) is 24.0. The normalized spacial score (nSPS) is 31.4. The van der Waals surface area contributed by atoms with Crippen LogP contribution < -0.4 is 10.6 Å². The first kappa shape index (κ1) is 40.5. The lowest BCUT2D eigenvalue weighted by Crippen LogP contribution is -2.48. The summed E-state index contributed by atoms with van der Waals surface area (Å²) in [4.78, 5) is 0. The number of phenols is 2. The molecule has 0 amide bonds. The van der Waals surface area contributed by atoms with Gasteiger partial charge in [-0.3, -0.25) is 0 Å². The topological polar surface area (TPSA) is 64.5 Å². The summed E-state index contributed by atoms with van der Waals surface area (Å²) in [6.07, 6.45) is 15.7. The number of hydrogen-bond acceptors (Lipinski definition) is 4. The van der Waals surface area contributed by atoms with Gasteiger partial charge in [0.2, 0.25) is 0 Å². The molecule has 2 atom stereocenters. The molecule has 0 heterocycles. The minimum atomic E-state index is -0.107. The third-order valence-electron chi connectivity index (χ3n) is 17.0. The van der Waals surface area contributed by atoms with Crippen molar-refractivity contribution in [3.8, 4) is 11.5 Å². The van der Waals surface area contributed by atoms with E-state index in [0.29, 0.717) is 24.6 Å². The second-order valence-corrected chi connectivity index (χ2v) is 23.5. The van der Waals surface area contributed by atoms with E-state index >= 15 is 0 Å². The number of rotatable bonds is 11. The number of nitrogens with one attached hydrogen (secondary N) is 2. The van der Waals surface area contributed by atoms with E-state index < -0.39 is 0 Å². The summed E-state index contributed by atoms with van der Waals surface area (Å²) >= 11 is 0. The van der Waals surface area contributed by atoms with Gasteiger partial charge in [-0.25, -0.2) is 0 Å². The summed E-state index contributed by atoms with van der Waals surface area (Å²) in [5.74, 6) is 5.89. The molecular weight excluding hydrogens is 733 g/mol. The Balaban J connectivity index is 1.01. The maximum absolute atomic E-state index is 12.5. The Kier molecular flexibility index (Phi) is 10.1. The van der Waals surface area contributed by atoms with E-state index in [9.17, 15) is 10.2 Å². The monoisotopic (exact) mass is 805 g/mol. The van der Waals surface area contributed by atoms with E-state index in [2.05, 4.69) is 137 Å². The molecule has 4 heteroatoms. The zero-order valence-electron chi connectivity index (χ0n) is 37.5. The predicted octanol–water partition coefficient (Wildman–Crippen LogP) is 13.0. The lowest BCUT2D eigenvalue weighted by Gasteiger charge is -2.57. The Hall–Kier alpha value is -3.60. The molecule has 4 N–H and O–H groups in total. The van der Waals surface area contributed by atoms with Crippen LogP contribution in [0, 0.1) is 35.5 Å². The maximum atomic E-state index is 12.5. The van der Waals surface area contributed by atoms with Crippen molar-refractivity contribution < 1.29 is 10.2 Å². The first-order chi connectivity index (χ1) is 28.6. The smallest absolute Gasteiger partial charge is 0.123 e. The third-order valence-corrected chi connectivity index (χ3v) is 17.0. The van der Waals surface area contributed by atoms with Gasteiger partial charge in [0.15, 0.2) is 0 Å². The third kappa shape index (κ3) is 7.44. The first-order valence-corrected chi connectivity index (χ1v) is 24.0. The largest absolute Gasteiger partial charge is 0.507 e. The van der Waals surface area contributed by atoms with Crippen LogP contribution in [0.15, 0.2) is 84.9 Å².